The molecule has 1 saturated heterocycles. The Hall–Kier alpha value is -2.08. The number of unbranched alkanes of at least 4 members (excludes halogenated alkanes) is 3. The highest BCUT2D eigenvalue weighted by atomic mass is 16.5. The molecule has 0 aliphatic carbocycles. The van der Waals surface area contributed by atoms with E-state index in [1.54, 1.807) is 6.07 Å². The number of rotatable bonds is 9. The highest BCUT2D eigenvalue weighted by Crippen LogP contribution is 2.21. The van der Waals surface area contributed by atoms with E-state index in [1.807, 2.05) is 34.9 Å². The fourth-order valence-electron chi connectivity index (χ4n) is 3.19. The number of nitrogens with zero attached hydrogens (tertiary/aromatic N) is 2. The number of piperazine rings is 1. The van der Waals surface area contributed by atoms with E-state index < -0.39 is 0 Å². The number of ether oxygens (including phenoxy) is 1. The van der Waals surface area contributed by atoms with Crippen molar-refractivity contribution in [3.63, 3.8) is 0 Å². The van der Waals surface area contributed by atoms with Gasteiger partial charge in [0.1, 0.15) is 5.75 Å². The summed E-state index contributed by atoms with van der Waals surface area (Å²) < 4.78 is 5.56. The van der Waals surface area contributed by atoms with Crippen LogP contribution in [-0.4, -0.2) is 60.9 Å². The van der Waals surface area contributed by atoms with E-state index in [2.05, 4.69) is 0 Å². The van der Waals surface area contributed by atoms with Crippen LogP contribution >= 0.6 is 0 Å². The average molecular weight is 361 g/mol. The van der Waals surface area contributed by atoms with Crippen LogP contribution < -0.4 is 10.5 Å². The van der Waals surface area contributed by atoms with Gasteiger partial charge in [0.15, 0.2) is 0 Å². The normalized spacial score (nSPS) is 14.4. The van der Waals surface area contributed by atoms with Crippen molar-refractivity contribution in [2.75, 3.05) is 39.3 Å². The maximum atomic E-state index is 12.8. The Morgan fingerprint density at radius 2 is 1.65 bits per heavy atom. The molecule has 0 radical (unpaired) electrons. The molecule has 1 aliphatic heterocycles. The van der Waals surface area contributed by atoms with E-state index in [0.29, 0.717) is 50.5 Å². The van der Waals surface area contributed by atoms with Crippen LogP contribution in [0.4, 0.5) is 0 Å². The van der Waals surface area contributed by atoms with Crippen LogP contribution in [0.5, 0.6) is 5.75 Å². The molecule has 144 valence electrons. The van der Waals surface area contributed by atoms with Gasteiger partial charge >= 0.3 is 0 Å². The number of amides is 2. The van der Waals surface area contributed by atoms with Crippen LogP contribution in [0.1, 0.15) is 49.4 Å². The van der Waals surface area contributed by atoms with Crippen LogP contribution in [0.25, 0.3) is 0 Å². The van der Waals surface area contributed by atoms with Gasteiger partial charge in [-0.05, 0) is 38.4 Å². The first-order valence-corrected chi connectivity index (χ1v) is 9.66. The first kappa shape index (κ1) is 20.2. The summed E-state index contributed by atoms with van der Waals surface area (Å²) in [7, 11) is 0. The van der Waals surface area contributed by atoms with E-state index in [1.165, 1.54) is 0 Å². The summed E-state index contributed by atoms with van der Waals surface area (Å²) in [4.78, 5) is 28.8. The van der Waals surface area contributed by atoms with Crippen molar-refractivity contribution in [3.8, 4) is 5.75 Å². The molecule has 6 heteroatoms. The van der Waals surface area contributed by atoms with Gasteiger partial charge in [-0.2, -0.15) is 0 Å². The van der Waals surface area contributed by atoms with Crippen molar-refractivity contribution >= 4 is 11.8 Å². The number of benzene rings is 1. The number of hydrogen-bond acceptors (Lipinski definition) is 4. The van der Waals surface area contributed by atoms with E-state index in [4.69, 9.17) is 10.5 Å². The summed E-state index contributed by atoms with van der Waals surface area (Å²) in [5.74, 6) is 0.790. The summed E-state index contributed by atoms with van der Waals surface area (Å²) >= 11 is 0. The first-order chi connectivity index (χ1) is 12.7. The predicted molar refractivity (Wildman–Crippen MR) is 102 cm³/mol. The van der Waals surface area contributed by atoms with Gasteiger partial charge < -0.3 is 20.3 Å². The largest absolute Gasteiger partial charge is 0.493 e. The van der Waals surface area contributed by atoms with Gasteiger partial charge in [0.25, 0.3) is 5.91 Å². The molecule has 0 unspecified atom stereocenters. The molecule has 1 aromatic rings. The van der Waals surface area contributed by atoms with Crippen molar-refractivity contribution in [3.05, 3.63) is 29.8 Å². The average Bonchev–Trinajstić information content (AvgIpc) is 2.68. The minimum Gasteiger partial charge on any atom is -0.493 e. The molecule has 2 rings (SSSR count). The third-order valence-electron chi connectivity index (χ3n) is 4.68. The summed E-state index contributed by atoms with van der Waals surface area (Å²) in [6.45, 7) is 5.49. The number of para-hydroxylation sites is 1. The quantitative estimate of drug-likeness (QED) is 0.685. The zero-order chi connectivity index (χ0) is 18.8. The van der Waals surface area contributed by atoms with Crippen LogP contribution in [-0.2, 0) is 4.79 Å². The Kier molecular flexibility index (Phi) is 8.41. The zero-order valence-electron chi connectivity index (χ0n) is 15.8. The van der Waals surface area contributed by atoms with E-state index >= 15 is 0 Å². The lowest BCUT2D eigenvalue weighted by molar-refractivity contribution is -0.132. The molecule has 1 aromatic carbocycles. The Morgan fingerprint density at radius 1 is 1.00 bits per heavy atom. The van der Waals surface area contributed by atoms with Crippen LogP contribution in [0, 0.1) is 0 Å². The van der Waals surface area contributed by atoms with Crippen molar-refractivity contribution in [2.45, 2.75) is 39.0 Å². The molecule has 0 aromatic heterocycles. The maximum absolute atomic E-state index is 12.8. The second-order valence-electron chi connectivity index (χ2n) is 6.56. The van der Waals surface area contributed by atoms with Gasteiger partial charge in [0.05, 0.1) is 12.2 Å². The molecule has 1 fully saturated rings. The highest BCUT2D eigenvalue weighted by molar-refractivity contribution is 5.97. The Labute approximate surface area is 156 Å². The SMILES string of the molecule is CCOc1ccccc1C(=O)N1CCN(C(=O)CCCCCCN)CC1. The minimum atomic E-state index is -0.0251. The monoisotopic (exact) mass is 361 g/mol. The number of nitrogens with two attached hydrogens (primary N) is 1. The number of carbonyl (C=O) groups is 2. The summed E-state index contributed by atoms with van der Waals surface area (Å²) in [6, 6.07) is 7.33. The van der Waals surface area contributed by atoms with Gasteiger partial charge in [0, 0.05) is 32.6 Å². The lowest BCUT2D eigenvalue weighted by atomic mass is 10.1. The second kappa shape index (κ2) is 10.8. The molecule has 0 spiro atoms. The van der Waals surface area contributed by atoms with Gasteiger partial charge in [-0.1, -0.05) is 25.0 Å². The molecule has 0 bridgehead atoms. The maximum Gasteiger partial charge on any atom is 0.257 e. The van der Waals surface area contributed by atoms with Crippen LogP contribution in [0.15, 0.2) is 24.3 Å². The molecule has 2 N–H and O–H groups in total. The third-order valence-corrected chi connectivity index (χ3v) is 4.68. The molecule has 2 amide bonds. The molecule has 0 saturated carbocycles. The molecular weight excluding hydrogens is 330 g/mol. The van der Waals surface area contributed by atoms with Crippen molar-refractivity contribution < 1.29 is 14.3 Å². The van der Waals surface area contributed by atoms with Gasteiger partial charge in [0.2, 0.25) is 5.91 Å². The van der Waals surface area contributed by atoms with E-state index in [0.717, 1.165) is 32.2 Å². The molecule has 26 heavy (non-hydrogen) atoms. The lowest BCUT2D eigenvalue weighted by Gasteiger charge is -2.35. The summed E-state index contributed by atoms with van der Waals surface area (Å²) in [5.41, 5.74) is 6.07. The molecular formula is C20H31N3O3. The van der Waals surface area contributed by atoms with E-state index in [9.17, 15) is 9.59 Å². The zero-order valence-corrected chi connectivity index (χ0v) is 15.8. The van der Waals surface area contributed by atoms with Crippen molar-refractivity contribution in [1.82, 2.24) is 9.80 Å². The van der Waals surface area contributed by atoms with Gasteiger partial charge in [-0.3, -0.25) is 9.59 Å². The predicted octanol–water partition coefficient (Wildman–Crippen LogP) is 2.28. The van der Waals surface area contributed by atoms with Crippen LogP contribution in [0.2, 0.25) is 0 Å². The molecule has 1 heterocycles. The highest BCUT2D eigenvalue weighted by Gasteiger charge is 2.26. The Morgan fingerprint density at radius 3 is 2.35 bits per heavy atom. The third kappa shape index (κ3) is 5.73. The smallest absolute Gasteiger partial charge is 0.257 e. The second-order valence-corrected chi connectivity index (χ2v) is 6.56. The van der Waals surface area contributed by atoms with E-state index in [-0.39, 0.29) is 11.8 Å². The Bertz CT molecular complexity index is 583. The summed E-state index contributed by atoms with van der Waals surface area (Å²) in [5, 5.41) is 0. The van der Waals surface area contributed by atoms with Crippen molar-refractivity contribution in [1.29, 1.82) is 0 Å². The van der Waals surface area contributed by atoms with Crippen LogP contribution in [0.3, 0.4) is 0 Å². The summed E-state index contributed by atoms with van der Waals surface area (Å²) in [6.07, 6.45) is 4.67. The number of hydrogen-bond donors (Lipinski definition) is 1. The minimum absolute atomic E-state index is 0.0251. The molecule has 6 nitrogen and oxygen atoms in total. The van der Waals surface area contributed by atoms with Crippen molar-refractivity contribution in [2.24, 2.45) is 5.73 Å². The Balaban J connectivity index is 1.80. The fraction of sp³-hybridized carbons (Fsp3) is 0.600. The fourth-order valence-corrected chi connectivity index (χ4v) is 3.19. The first-order valence-electron chi connectivity index (χ1n) is 9.66. The van der Waals surface area contributed by atoms with Gasteiger partial charge in [-0.25, -0.2) is 0 Å². The molecule has 1 aliphatic rings. The van der Waals surface area contributed by atoms with Gasteiger partial charge in [-0.15, -0.1) is 0 Å². The lowest BCUT2D eigenvalue weighted by Crippen LogP contribution is -2.50. The standard InChI is InChI=1S/C20H31N3O3/c1-2-26-18-10-7-6-9-17(18)20(25)23-15-13-22(14-16-23)19(24)11-5-3-4-8-12-21/h6-7,9-10H,2-5,8,11-16,21H2,1H3. The number of carbonyl (C=O) groups excluding carboxylic acids is 2. The molecule has 0 atom stereocenters. The topological polar surface area (TPSA) is 75.9 Å².